The Morgan fingerprint density at radius 2 is 2.31 bits per heavy atom. The van der Waals surface area contributed by atoms with Crippen molar-refractivity contribution < 1.29 is 4.79 Å². The van der Waals surface area contributed by atoms with E-state index in [1.807, 2.05) is 31.2 Å². The van der Waals surface area contributed by atoms with Gasteiger partial charge in [-0.05, 0) is 43.9 Å². The molecule has 1 unspecified atom stereocenters. The average molecular weight is 214 g/mol. The second kappa shape index (κ2) is 3.44. The van der Waals surface area contributed by atoms with Crippen molar-refractivity contribution in [3.63, 3.8) is 0 Å². The average Bonchev–Trinajstić information content (AvgIpc) is 2.82. The van der Waals surface area contributed by atoms with E-state index in [4.69, 9.17) is 0 Å². The summed E-state index contributed by atoms with van der Waals surface area (Å²) in [5.74, 6) is 0.221. The van der Waals surface area contributed by atoms with Crippen molar-refractivity contribution in [3.8, 4) is 0 Å². The van der Waals surface area contributed by atoms with Crippen LogP contribution >= 0.6 is 0 Å². The lowest BCUT2D eigenvalue weighted by molar-refractivity contribution is -0.119. The van der Waals surface area contributed by atoms with Crippen LogP contribution in [0.25, 0.3) is 0 Å². The van der Waals surface area contributed by atoms with Crippen molar-refractivity contribution in [3.05, 3.63) is 29.8 Å². The van der Waals surface area contributed by atoms with Crippen LogP contribution in [0.4, 0.5) is 5.69 Å². The molecule has 0 spiro atoms. The van der Waals surface area contributed by atoms with E-state index in [0.29, 0.717) is 0 Å². The molecule has 1 heterocycles. The molecule has 0 saturated heterocycles. The molecule has 0 bridgehead atoms. The molecule has 1 aromatic rings. The lowest BCUT2D eigenvalue weighted by atomic mass is 10.1. The molecule has 0 aromatic heterocycles. The smallest absolute Gasteiger partial charge is 0.256 e. The first-order valence-corrected chi connectivity index (χ1v) is 5.74. The maximum Gasteiger partial charge on any atom is 0.256 e. The summed E-state index contributed by atoms with van der Waals surface area (Å²) >= 11 is 0. The van der Waals surface area contributed by atoms with E-state index in [9.17, 15) is 4.79 Å². The molecule has 1 saturated carbocycles. The van der Waals surface area contributed by atoms with Gasteiger partial charge in [0, 0.05) is 0 Å². The molecule has 82 valence electrons. The van der Waals surface area contributed by atoms with Crippen LogP contribution in [0, 0.1) is 12.8 Å². The first-order valence-electron chi connectivity index (χ1n) is 5.74. The molecule has 16 heavy (non-hydrogen) atoms. The van der Waals surface area contributed by atoms with Crippen LogP contribution in [0.15, 0.2) is 29.4 Å². The number of aryl methyl sites for hydroxylation is 1. The van der Waals surface area contributed by atoms with Crippen LogP contribution in [0.5, 0.6) is 0 Å². The van der Waals surface area contributed by atoms with Crippen molar-refractivity contribution in [2.45, 2.75) is 26.2 Å². The molecule has 1 aliphatic carbocycles. The van der Waals surface area contributed by atoms with E-state index >= 15 is 0 Å². The van der Waals surface area contributed by atoms with Crippen molar-refractivity contribution in [2.75, 3.05) is 5.01 Å². The van der Waals surface area contributed by atoms with Gasteiger partial charge in [-0.1, -0.05) is 12.1 Å². The molecule has 3 nitrogen and oxygen atoms in total. The fourth-order valence-electron chi connectivity index (χ4n) is 2.48. The van der Waals surface area contributed by atoms with Gasteiger partial charge in [0.1, 0.15) is 0 Å². The molecule has 1 amide bonds. The van der Waals surface area contributed by atoms with Crippen molar-refractivity contribution in [1.82, 2.24) is 0 Å². The molecule has 3 heteroatoms. The molecule has 1 atom stereocenters. The number of carbonyl (C=O) groups excluding carboxylic acids is 1. The van der Waals surface area contributed by atoms with Gasteiger partial charge in [-0.2, -0.15) is 5.10 Å². The summed E-state index contributed by atoms with van der Waals surface area (Å²) in [6, 6.07) is 7.93. The predicted molar refractivity (Wildman–Crippen MR) is 63.4 cm³/mol. The summed E-state index contributed by atoms with van der Waals surface area (Å²) < 4.78 is 0. The minimum absolute atomic E-state index is 0.0699. The summed E-state index contributed by atoms with van der Waals surface area (Å²) in [7, 11) is 0. The number of hydrogen-bond donors (Lipinski definition) is 0. The van der Waals surface area contributed by atoms with Gasteiger partial charge in [-0.3, -0.25) is 4.79 Å². The zero-order valence-corrected chi connectivity index (χ0v) is 9.31. The molecular formula is C13H14N2O. The Bertz CT molecular complexity index is 479. The third kappa shape index (κ3) is 1.35. The zero-order valence-electron chi connectivity index (χ0n) is 9.31. The van der Waals surface area contributed by atoms with Gasteiger partial charge < -0.3 is 0 Å². The Balaban J connectivity index is 1.97. The van der Waals surface area contributed by atoms with Crippen LogP contribution in [0.3, 0.4) is 0 Å². The number of benzene rings is 1. The van der Waals surface area contributed by atoms with Gasteiger partial charge in [-0.25, -0.2) is 5.01 Å². The quantitative estimate of drug-likeness (QED) is 0.707. The van der Waals surface area contributed by atoms with Crippen molar-refractivity contribution >= 4 is 17.3 Å². The first-order chi connectivity index (χ1) is 7.75. The molecule has 1 aliphatic heterocycles. The number of anilines is 1. The minimum atomic E-state index is 0.0699. The van der Waals surface area contributed by atoms with Gasteiger partial charge in [0.05, 0.1) is 17.3 Å². The standard InChI is InChI=1S/C13H14N2O/c1-9-4-2-5-10(8-9)15-13(16)11-6-3-7-12(11)14-15/h2,4-5,8,11H,3,6-7H2,1H3. The van der Waals surface area contributed by atoms with E-state index in [1.165, 1.54) is 0 Å². The molecular weight excluding hydrogens is 200 g/mol. The third-order valence-electron chi connectivity index (χ3n) is 3.31. The SMILES string of the molecule is Cc1cccc(N2N=C3CCCC3C2=O)c1. The highest BCUT2D eigenvalue weighted by Gasteiger charge is 2.39. The van der Waals surface area contributed by atoms with Gasteiger partial charge in [0.15, 0.2) is 0 Å². The molecule has 1 fully saturated rings. The van der Waals surface area contributed by atoms with Gasteiger partial charge in [0.25, 0.3) is 5.91 Å². The number of nitrogens with zero attached hydrogens (tertiary/aromatic N) is 2. The second-order valence-electron chi connectivity index (χ2n) is 4.53. The lowest BCUT2D eigenvalue weighted by Gasteiger charge is -2.14. The number of hydrogen-bond acceptors (Lipinski definition) is 2. The molecule has 3 rings (SSSR count). The van der Waals surface area contributed by atoms with E-state index in [2.05, 4.69) is 5.10 Å². The Morgan fingerprint density at radius 1 is 1.44 bits per heavy atom. The highest BCUT2D eigenvalue weighted by molar-refractivity contribution is 6.16. The maximum atomic E-state index is 12.1. The Kier molecular flexibility index (Phi) is 2.06. The van der Waals surface area contributed by atoms with E-state index in [-0.39, 0.29) is 11.8 Å². The number of carbonyl (C=O) groups is 1. The topological polar surface area (TPSA) is 32.7 Å². The van der Waals surface area contributed by atoms with Crippen LogP contribution in [-0.2, 0) is 4.79 Å². The van der Waals surface area contributed by atoms with Gasteiger partial charge >= 0.3 is 0 Å². The summed E-state index contributed by atoms with van der Waals surface area (Å²) in [6.45, 7) is 2.03. The monoisotopic (exact) mass is 214 g/mol. The van der Waals surface area contributed by atoms with Gasteiger partial charge in [-0.15, -0.1) is 0 Å². The van der Waals surface area contributed by atoms with E-state index < -0.39 is 0 Å². The zero-order chi connectivity index (χ0) is 11.1. The summed E-state index contributed by atoms with van der Waals surface area (Å²) in [6.07, 6.45) is 3.07. The van der Waals surface area contributed by atoms with Crippen LogP contribution in [-0.4, -0.2) is 11.6 Å². The highest BCUT2D eigenvalue weighted by atomic mass is 16.2. The largest absolute Gasteiger partial charge is 0.272 e. The summed E-state index contributed by atoms with van der Waals surface area (Å²) in [5, 5.41) is 6.02. The van der Waals surface area contributed by atoms with Crippen LogP contribution in [0.2, 0.25) is 0 Å². The van der Waals surface area contributed by atoms with E-state index in [0.717, 1.165) is 36.2 Å². The van der Waals surface area contributed by atoms with Crippen molar-refractivity contribution in [1.29, 1.82) is 0 Å². The summed E-state index contributed by atoms with van der Waals surface area (Å²) in [5.41, 5.74) is 3.13. The highest BCUT2D eigenvalue weighted by Crippen LogP contribution is 2.33. The third-order valence-corrected chi connectivity index (χ3v) is 3.31. The predicted octanol–water partition coefficient (Wildman–Crippen LogP) is 2.50. The Morgan fingerprint density at radius 3 is 3.06 bits per heavy atom. The van der Waals surface area contributed by atoms with Crippen molar-refractivity contribution in [2.24, 2.45) is 11.0 Å². The molecule has 1 aromatic carbocycles. The Labute approximate surface area is 94.8 Å². The first kappa shape index (κ1) is 9.58. The minimum Gasteiger partial charge on any atom is -0.272 e. The van der Waals surface area contributed by atoms with Crippen LogP contribution in [0.1, 0.15) is 24.8 Å². The molecule has 0 N–H and O–H groups in total. The second-order valence-corrected chi connectivity index (χ2v) is 4.53. The number of fused-ring (bicyclic) bond motifs is 1. The summed E-state index contributed by atoms with van der Waals surface area (Å²) in [4.78, 5) is 12.1. The molecule has 0 radical (unpaired) electrons. The Hall–Kier alpha value is -1.64. The number of amides is 1. The lowest BCUT2D eigenvalue weighted by Crippen LogP contribution is -2.25. The fraction of sp³-hybridized carbons (Fsp3) is 0.385. The molecule has 2 aliphatic rings. The maximum absolute atomic E-state index is 12.1. The number of hydrazone groups is 1. The van der Waals surface area contributed by atoms with Gasteiger partial charge in [0.2, 0.25) is 0 Å². The fourth-order valence-corrected chi connectivity index (χ4v) is 2.48. The van der Waals surface area contributed by atoms with E-state index in [1.54, 1.807) is 5.01 Å². The normalized spacial score (nSPS) is 23.6. The van der Waals surface area contributed by atoms with Crippen LogP contribution < -0.4 is 5.01 Å². The number of rotatable bonds is 1.